The van der Waals surface area contributed by atoms with E-state index >= 15 is 0 Å². The molecule has 2 rings (SSSR count). The van der Waals surface area contributed by atoms with Crippen molar-refractivity contribution < 1.29 is 10.2 Å². The van der Waals surface area contributed by atoms with Crippen molar-refractivity contribution in [2.75, 3.05) is 13.2 Å². The van der Waals surface area contributed by atoms with Gasteiger partial charge in [0.25, 0.3) is 0 Å². The highest BCUT2D eigenvalue weighted by Gasteiger charge is 2.59. The first-order chi connectivity index (χ1) is 7.44. The van der Waals surface area contributed by atoms with E-state index in [4.69, 9.17) is 0 Å². The molecule has 0 heterocycles. The highest BCUT2D eigenvalue weighted by Crippen LogP contribution is 2.62. The molecule has 0 aliphatic heterocycles. The molecule has 2 aliphatic carbocycles. The number of hydrogen-bond acceptors (Lipinski definition) is 3. The van der Waals surface area contributed by atoms with Crippen LogP contribution in [0.15, 0.2) is 0 Å². The van der Waals surface area contributed by atoms with Crippen LogP contribution in [0.4, 0.5) is 0 Å². The van der Waals surface area contributed by atoms with Gasteiger partial charge in [-0.1, -0.05) is 20.8 Å². The van der Waals surface area contributed by atoms with Gasteiger partial charge in [-0.15, -0.1) is 0 Å². The van der Waals surface area contributed by atoms with Gasteiger partial charge in [0.05, 0.1) is 19.3 Å². The van der Waals surface area contributed by atoms with Crippen molar-refractivity contribution >= 4 is 0 Å². The average molecular weight is 227 g/mol. The third kappa shape index (κ3) is 1.69. The molecule has 0 amide bonds. The number of fused-ring (bicyclic) bond motifs is 2. The topological polar surface area (TPSA) is 52.5 Å². The summed E-state index contributed by atoms with van der Waals surface area (Å²) in [5.74, 6) is 0.799. The fourth-order valence-electron chi connectivity index (χ4n) is 4.12. The lowest BCUT2D eigenvalue weighted by atomic mass is 9.68. The summed E-state index contributed by atoms with van der Waals surface area (Å²) >= 11 is 0. The first-order valence-electron chi connectivity index (χ1n) is 6.42. The Hall–Kier alpha value is -0.120. The first-order valence-corrected chi connectivity index (χ1v) is 6.42. The zero-order valence-corrected chi connectivity index (χ0v) is 10.7. The molecule has 0 radical (unpaired) electrons. The van der Waals surface area contributed by atoms with Gasteiger partial charge in [-0.3, -0.25) is 0 Å². The van der Waals surface area contributed by atoms with Gasteiger partial charge in [-0.25, -0.2) is 0 Å². The number of aliphatic hydroxyl groups is 2. The lowest BCUT2D eigenvalue weighted by Gasteiger charge is -2.44. The average Bonchev–Trinajstić information content (AvgIpc) is 2.69. The van der Waals surface area contributed by atoms with E-state index in [9.17, 15) is 10.2 Å². The van der Waals surface area contributed by atoms with E-state index in [-0.39, 0.29) is 24.7 Å². The van der Waals surface area contributed by atoms with Crippen molar-refractivity contribution in [2.45, 2.75) is 52.1 Å². The molecule has 0 aromatic rings. The standard InChI is InChI=1S/C13H25NO2/c1-12(2)9-4-5-13(3,6-9)11(12)14-10(7-15)8-16/h9-11,14-16H,4-8H2,1-3H3. The maximum atomic E-state index is 9.19. The van der Waals surface area contributed by atoms with Crippen molar-refractivity contribution in [3.05, 3.63) is 0 Å². The van der Waals surface area contributed by atoms with Crippen LogP contribution in [0.3, 0.4) is 0 Å². The summed E-state index contributed by atoms with van der Waals surface area (Å²) < 4.78 is 0. The highest BCUT2D eigenvalue weighted by atomic mass is 16.3. The summed E-state index contributed by atoms with van der Waals surface area (Å²) in [6, 6.07) is 0.253. The van der Waals surface area contributed by atoms with Gasteiger partial charge in [-0.2, -0.15) is 0 Å². The molecule has 0 spiro atoms. The Bertz CT molecular complexity index is 258. The molecule has 2 saturated carbocycles. The maximum absolute atomic E-state index is 9.19. The second-order valence-corrected chi connectivity index (χ2v) is 6.58. The lowest BCUT2D eigenvalue weighted by Crippen LogP contribution is -2.55. The molecule has 3 unspecified atom stereocenters. The lowest BCUT2D eigenvalue weighted by molar-refractivity contribution is 0.0712. The monoisotopic (exact) mass is 227 g/mol. The molecule has 2 fully saturated rings. The first kappa shape index (κ1) is 12.3. The van der Waals surface area contributed by atoms with Gasteiger partial charge in [0.1, 0.15) is 0 Å². The number of aliphatic hydroxyl groups excluding tert-OH is 2. The zero-order chi connectivity index (χ0) is 12.0. The van der Waals surface area contributed by atoms with E-state index in [0.717, 1.165) is 5.92 Å². The van der Waals surface area contributed by atoms with E-state index in [0.29, 0.717) is 11.5 Å². The minimum absolute atomic E-state index is 0.0177. The van der Waals surface area contributed by atoms with Crippen LogP contribution in [-0.2, 0) is 0 Å². The molecule has 2 aliphatic rings. The summed E-state index contributed by atoms with van der Waals surface area (Å²) in [4.78, 5) is 0. The number of rotatable bonds is 4. The van der Waals surface area contributed by atoms with E-state index in [1.54, 1.807) is 0 Å². The van der Waals surface area contributed by atoms with Gasteiger partial charge in [0.15, 0.2) is 0 Å². The Morgan fingerprint density at radius 3 is 2.31 bits per heavy atom. The van der Waals surface area contributed by atoms with Gasteiger partial charge >= 0.3 is 0 Å². The quantitative estimate of drug-likeness (QED) is 0.675. The van der Waals surface area contributed by atoms with Crippen molar-refractivity contribution in [2.24, 2.45) is 16.7 Å². The highest BCUT2D eigenvalue weighted by molar-refractivity contribution is 5.12. The Morgan fingerprint density at radius 1 is 1.25 bits per heavy atom. The molecule has 0 aromatic heterocycles. The maximum Gasteiger partial charge on any atom is 0.0607 e. The van der Waals surface area contributed by atoms with Gasteiger partial charge in [0, 0.05) is 6.04 Å². The Morgan fingerprint density at radius 2 is 1.88 bits per heavy atom. The molecule has 3 atom stereocenters. The molecule has 16 heavy (non-hydrogen) atoms. The molecule has 94 valence electrons. The number of hydrogen-bond donors (Lipinski definition) is 3. The minimum atomic E-state index is -0.166. The summed E-state index contributed by atoms with van der Waals surface area (Å²) in [7, 11) is 0. The Labute approximate surface area is 98.2 Å². The summed E-state index contributed by atoms with van der Waals surface area (Å²) in [5, 5.41) is 21.9. The molecular weight excluding hydrogens is 202 g/mol. The van der Waals surface area contributed by atoms with Crippen LogP contribution >= 0.6 is 0 Å². The Balaban J connectivity index is 2.13. The van der Waals surface area contributed by atoms with Crippen LogP contribution < -0.4 is 5.32 Å². The van der Waals surface area contributed by atoms with Gasteiger partial charge in [0.2, 0.25) is 0 Å². The Kier molecular flexibility index (Phi) is 3.06. The van der Waals surface area contributed by atoms with Gasteiger partial charge in [-0.05, 0) is 36.0 Å². The smallest absolute Gasteiger partial charge is 0.0607 e. The molecule has 3 nitrogen and oxygen atoms in total. The molecule has 0 saturated heterocycles. The molecule has 2 bridgehead atoms. The zero-order valence-electron chi connectivity index (χ0n) is 10.7. The van der Waals surface area contributed by atoms with Gasteiger partial charge < -0.3 is 15.5 Å². The summed E-state index contributed by atoms with van der Waals surface area (Å²) in [6.45, 7) is 7.04. The molecule has 3 heteroatoms. The van der Waals surface area contributed by atoms with Crippen molar-refractivity contribution in [3.63, 3.8) is 0 Å². The predicted molar refractivity (Wildman–Crippen MR) is 64.1 cm³/mol. The summed E-state index contributed by atoms with van der Waals surface area (Å²) in [6.07, 6.45) is 3.91. The van der Waals surface area contributed by atoms with E-state index in [1.165, 1.54) is 19.3 Å². The fourth-order valence-corrected chi connectivity index (χ4v) is 4.12. The van der Waals surface area contributed by atoms with Crippen LogP contribution in [0.1, 0.15) is 40.0 Å². The summed E-state index contributed by atoms with van der Waals surface area (Å²) in [5.41, 5.74) is 0.645. The fraction of sp³-hybridized carbons (Fsp3) is 1.00. The SMILES string of the molecule is CC12CCC(C1)C(C)(C)C2NC(CO)CO. The predicted octanol–water partition coefficient (Wildman–Crippen LogP) is 1.14. The van der Waals surface area contributed by atoms with E-state index < -0.39 is 0 Å². The molecular formula is C13H25NO2. The second kappa shape index (κ2) is 3.97. The van der Waals surface area contributed by atoms with Crippen molar-refractivity contribution in [1.29, 1.82) is 0 Å². The third-order valence-electron chi connectivity index (χ3n) is 5.11. The molecule has 3 N–H and O–H groups in total. The van der Waals surface area contributed by atoms with Crippen LogP contribution in [-0.4, -0.2) is 35.5 Å². The van der Waals surface area contributed by atoms with Crippen molar-refractivity contribution in [1.82, 2.24) is 5.32 Å². The van der Waals surface area contributed by atoms with Crippen LogP contribution in [0, 0.1) is 16.7 Å². The number of nitrogens with one attached hydrogen (secondary N) is 1. The van der Waals surface area contributed by atoms with Crippen molar-refractivity contribution in [3.8, 4) is 0 Å². The largest absolute Gasteiger partial charge is 0.395 e. The van der Waals surface area contributed by atoms with E-state index in [2.05, 4.69) is 26.1 Å². The normalized spacial score (nSPS) is 40.9. The third-order valence-corrected chi connectivity index (χ3v) is 5.11. The van der Waals surface area contributed by atoms with Crippen LogP contribution in [0.2, 0.25) is 0 Å². The molecule has 0 aromatic carbocycles. The minimum Gasteiger partial charge on any atom is -0.395 e. The second-order valence-electron chi connectivity index (χ2n) is 6.58. The van der Waals surface area contributed by atoms with Crippen LogP contribution in [0.5, 0.6) is 0 Å². The van der Waals surface area contributed by atoms with E-state index in [1.807, 2.05) is 0 Å². The van der Waals surface area contributed by atoms with Crippen LogP contribution in [0.25, 0.3) is 0 Å².